The summed E-state index contributed by atoms with van der Waals surface area (Å²) in [6.07, 6.45) is 11.6. The number of rotatable bonds is 4. The van der Waals surface area contributed by atoms with Gasteiger partial charge in [-0.25, -0.2) is 0 Å². The molecule has 1 rings (SSSR count). The Balaban J connectivity index is 2.15. The van der Waals surface area contributed by atoms with Crippen molar-refractivity contribution in [3.8, 4) is 0 Å². The van der Waals surface area contributed by atoms with Crippen LogP contribution >= 0.6 is 15.9 Å². The summed E-state index contributed by atoms with van der Waals surface area (Å²) in [6.45, 7) is 4.67. The first kappa shape index (κ1) is 12.5. The Morgan fingerprint density at radius 3 is 2.64 bits per heavy atom. The van der Waals surface area contributed by atoms with E-state index in [1.165, 1.54) is 51.4 Å². The van der Waals surface area contributed by atoms with Gasteiger partial charge in [0.25, 0.3) is 0 Å². The molecular weight excluding hydrogens is 236 g/mol. The van der Waals surface area contributed by atoms with Crippen LogP contribution in [-0.2, 0) is 0 Å². The molecule has 0 nitrogen and oxygen atoms in total. The molecule has 1 aliphatic carbocycles. The molecule has 1 fully saturated rings. The largest absolute Gasteiger partial charge is 0.0891 e. The Bertz CT molecular complexity index is 142. The van der Waals surface area contributed by atoms with Gasteiger partial charge in [-0.2, -0.15) is 0 Å². The predicted octanol–water partition coefficient (Wildman–Crippen LogP) is 5.16. The van der Waals surface area contributed by atoms with E-state index < -0.39 is 0 Å². The van der Waals surface area contributed by atoms with Crippen LogP contribution in [0.15, 0.2) is 0 Å². The molecule has 0 aromatic rings. The summed E-state index contributed by atoms with van der Waals surface area (Å²) in [4.78, 5) is 0.814. The minimum absolute atomic E-state index is 0.814. The molecule has 14 heavy (non-hydrogen) atoms. The maximum absolute atomic E-state index is 3.80. The topological polar surface area (TPSA) is 0 Å². The molecule has 0 saturated heterocycles. The molecule has 0 bridgehead atoms. The zero-order valence-corrected chi connectivity index (χ0v) is 11.4. The average molecular weight is 261 g/mol. The molecule has 0 amide bonds. The highest BCUT2D eigenvalue weighted by Crippen LogP contribution is 2.31. The summed E-state index contributed by atoms with van der Waals surface area (Å²) in [5, 5.41) is 0. The van der Waals surface area contributed by atoms with Crippen LogP contribution in [0.25, 0.3) is 0 Å². The standard InChI is InChI=1S/C13H25Br/c1-11(2)6-5-8-12-7-3-4-9-13(14)10-12/h11-13H,3-10H2,1-2H3. The van der Waals surface area contributed by atoms with Crippen molar-refractivity contribution in [2.24, 2.45) is 11.8 Å². The lowest BCUT2D eigenvalue weighted by Crippen LogP contribution is -2.05. The van der Waals surface area contributed by atoms with Crippen molar-refractivity contribution < 1.29 is 0 Å². The molecule has 0 aromatic heterocycles. The van der Waals surface area contributed by atoms with E-state index in [1.807, 2.05) is 0 Å². The van der Waals surface area contributed by atoms with Crippen molar-refractivity contribution in [1.82, 2.24) is 0 Å². The third-order valence-electron chi connectivity index (χ3n) is 3.36. The fraction of sp³-hybridized carbons (Fsp3) is 1.00. The van der Waals surface area contributed by atoms with Crippen molar-refractivity contribution in [3.05, 3.63) is 0 Å². The predicted molar refractivity (Wildman–Crippen MR) is 68.0 cm³/mol. The Hall–Kier alpha value is 0.480. The summed E-state index contributed by atoms with van der Waals surface area (Å²) in [6, 6.07) is 0. The van der Waals surface area contributed by atoms with Gasteiger partial charge in [-0.05, 0) is 24.7 Å². The van der Waals surface area contributed by atoms with Crippen molar-refractivity contribution in [3.63, 3.8) is 0 Å². The Labute approximate surface area is 98.0 Å². The van der Waals surface area contributed by atoms with Crippen LogP contribution in [0.1, 0.15) is 65.2 Å². The van der Waals surface area contributed by atoms with Gasteiger partial charge >= 0.3 is 0 Å². The maximum atomic E-state index is 3.80. The van der Waals surface area contributed by atoms with Crippen LogP contribution in [0.2, 0.25) is 0 Å². The number of hydrogen-bond acceptors (Lipinski definition) is 0. The highest BCUT2D eigenvalue weighted by molar-refractivity contribution is 9.09. The molecule has 0 spiro atoms. The van der Waals surface area contributed by atoms with E-state index in [1.54, 1.807) is 0 Å². The smallest absolute Gasteiger partial charge is 0.0148 e. The van der Waals surface area contributed by atoms with Crippen molar-refractivity contribution in [2.75, 3.05) is 0 Å². The fourth-order valence-electron chi connectivity index (χ4n) is 2.47. The summed E-state index contributed by atoms with van der Waals surface area (Å²) < 4.78 is 0. The summed E-state index contributed by atoms with van der Waals surface area (Å²) in [5.41, 5.74) is 0. The van der Waals surface area contributed by atoms with E-state index in [0.717, 1.165) is 16.7 Å². The first-order valence-electron chi connectivity index (χ1n) is 6.32. The second kappa shape index (κ2) is 6.87. The van der Waals surface area contributed by atoms with Crippen LogP contribution in [0, 0.1) is 11.8 Å². The minimum Gasteiger partial charge on any atom is -0.0891 e. The van der Waals surface area contributed by atoms with E-state index in [9.17, 15) is 0 Å². The fourth-order valence-corrected chi connectivity index (χ4v) is 3.33. The van der Waals surface area contributed by atoms with Gasteiger partial charge in [0, 0.05) is 4.83 Å². The zero-order valence-electron chi connectivity index (χ0n) is 9.77. The highest BCUT2D eigenvalue weighted by Gasteiger charge is 2.17. The molecular formula is C13H25Br. The molecule has 0 radical (unpaired) electrons. The SMILES string of the molecule is CC(C)CCCC1CCCCC(Br)C1. The zero-order chi connectivity index (χ0) is 10.4. The van der Waals surface area contributed by atoms with Gasteiger partial charge in [0.2, 0.25) is 0 Å². The number of hydrogen-bond donors (Lipinski definition) is 0. The molecule has 1 aliphatic rings. The van der Waals surface area contributed by atoms with Gasteiger partial charge in [-0.15, -0.1) is 0 Å². The van der Waals surface area contributed by atoms with E-state index in [2.05, 4.69) is 29.8 Å². The van der Waals surface area contributed by atoms with Gasteiger partial charge in [0.1, 0.15) is 0 Å². The molecule has 1 heteroatoms. The number of halogens is 1. The maximum Gasteiger partial charge on any atom is 0.0148 e. The van der Waals surface area contributed by atoms with Crippen molar-refractivity contribution in [2.45, 2.75) is 70.0 Å². The lowest BCUT2D eigenvalue weighted by atomic mass is 9.92. The second-order valence-corrected chi connectivity index (χ2v) is 6.60. The summed E-state index contributed by atoms with van der Waals surface area (Å²) >= 11 is 3.80. The van der Waals surface area contributed by atoms with Crippen molar-refractivity contribution >= 4 is 15.9 Å². The lowest BCUT2D eigenvalue weighted by Gasteiger charge is -2.16. The van der Waals surface area contributed by atoms with Gasteiger partial charge < -0.3 is 0 Å². The van der Waals surface area contributed by atoms with Crippen LogP contribution in [0.4, 0.5) is 0 Å². The Morgan fingerprint density at radius 2 is 1.93 bits per heavy atom. The average Bonchev–Trinajstić information content (AvgIpc) is 2.29. The van der Waals surface area contributed by atoms with E-state index in [4.69, 9.17) is 0 Å². The van der Waals surface area contributed by atoms with Crippen LogP contribution in [0.5, 0.6) is 0 Å². The molecule has 0 N–H and O–H groups in total. The first-order chi connectivity index (χ1) is 6.68. The van der Waals surface area contributed by atoms with Crippen LogP contribution in [0.3, 0.4) is 0 Å². The van der Waals surface area contributed by atoms with Crippen LogP contribution in [-0.4, -0.2) is 4.83 Å². The van der Waals surface area contributed by atoms with Crippen molar-refractivity contribution in [1.29, 1.82) is 0 Å². The normalized spacial score (nSPS) is 29.1. The highest BCUT2D eigenvalue weighted by atomic mass is 79.9. The van der Waals surface area contributed by atoms with Gasteiger partial charge in [0.15, 0.2) is 0 Å². The molecule has 1 saturated carbocycles. The third kappa shape index (κ3) is 5.38. The summed E-state index contributed by atoms with van der Waals surface area (Å²) in [7, 11) is 0. The molecule has 2 atom stereocenters. The third-order valence-corrected chi connectivity index (χ3v) is 4.19. The Morgan fingerprint density at radius 1 is 1.21 bits per heavy atom. The van der Waals surface area contributed by atoms with Crippen LogP contribution < -0.4 is 0 Å². The Kier molecular flexibility index (Phi) is 6.16. The molecule has 0 aliphatic heterocycles. The lowest BCUT2D eigenvalue weighted by molar-refractivity contribution is 0.396. The van der Waals surface area contributed by atoms with E-state index >= 15 is 0 Å². The molecule has 0 heterocycles. The monoisotopic (exact) mass is 260 g/mol. The number of alkyl halides is 1. The van der Waals surface area contributed by atoms with E-state index in [-0.39, 0.29) is 0 Å². The first-order valence-corrected chi connectivity index (χ1v) is 7.24. The van der Waals surface area contributed by atoms with Gasteiger partial charge in [-0.1, -0.05) is 68.3 Å². The van der Waals surface area contributed by atoms with Gasteiger partial charge in [0.05, 0.1) is 0 Å². The summed E-state index contributed by atoms with van der Waals surface area (Å²) in [5.74, 6) is 1.90. The van der Waals surface area contributed by atoms with Gasteiger partial charge in [-0.3, -0.25) is 0 Å². The molecule has 0 aromatic carbocycles. The van der Waals surface area contributed by atoms with E-state index in [0.29, 0.717) is 0 Å². The molecule has 2 unspecified atom stereocenters. The quantitative estimate of drug-likeness (QED) is 0.484. The second-order valence-electron chi connectivity index (χ2n) is 5.31. The minimum atomic E-state index is 0.814. The molecule has 84 valence electrons.